The third kappa shape index (κ3) is 4.53. The molecule has 25 heavy (non-hydrogen) atoms. The summed E-state index contributed by atoms with van der Waals surface area (Å²) < 4.78 is 16.0. The molecule has 134 valence electrons. The quantitative estimate of drug-likeness (QED) is 0.538. The monoisotopic (exact) mass is 342 g/mol. The molecule has 0 aliphatic rings. The highest BCUT2D eigenvalue weighted by molar-refractivity contribution is 5.64. The molecule has 4 nitrogen and oxygen atoms in total. The summed E-state index contributed by atoms with van der Waals surface area (Å²) in [6.07, 6.45) is 0.997. The second kappa shape index (κ2) is 8.56. The minimum atomic E-state index is -0.727. The molecule has 0 heterocycles. The Bertz CT molecular complexity index is 750. The molecule has 0 atom stereocenters. The van der Waals surface area contributed by atoms with Gasteiger partial charge in [-0.25, -0.2) is 4.79 Å². The molecule has 4 heteroatoms. The Kier molecular flexibility index (Phi) is 6.45. The van der Waals surface area contributed by atoms with Crippen molar-refractivity contribution in [1.82, 2.24) is 0 Å². The molecule has 0 saturated heterocycles. The van der Waals surface area contributed by atoms with Gasteiger partial charge in [0.2, 0.25) is 0 Å². The van der Waals surface area contributed by atoms with Crippen molar-refractivity contribution in [2.24, 2.45) is 0 Å². The van der Waals surface area contributed by atoms with Crippen molar-refractivity contribution >= 4 is 6.16 Å². The molecule has 0 aliphatic heterocycles. The number of aryl methyl sites for hydroxylation is 4. The molecule has 0 amide bonds. The maximum Gasteiger partial charge on any atom is 0.513 e. The molecule has 2 aromatic carbocycles. The summed E-state index contributed by atoms with van der Waals surface area (Å²) in [7, 11) is 1.30. The summed E-state index contributed by atoms with van der Waals surface area (Å²) in [5.74, 6) is 1.36. The van der Waals surface area contributed by atoms with Gasteiger partial charge in [0.25, 0.3) is 0 Å². The fourth-order valence-electron chi connectivity index (χ4n) is 2.74. The first kappa shape index (κ1) is 18.8. The fraction of sp³-hybridized carbons (Fsp3) is 0.381. The van der Waals surface area contributed by atoms with Gasteiger partial charge >= 0.3 is 6.16 Å². The van der Waals surface area contributed by atoms with Crippen molar-refractivity contribution in [2.75, 3.05) is 7.11 Å². The molecule has 0 N–H and O–H groups in total. The Hall–Kier alpha value is -2.49. The number of benzene rings is 2. The van der Waals surface area contributed by atoms with Crippen LogP contribution in [0.5, 0.6) is 11.5 Å². The van der Waals surface area contributed by atoms with Gasteiger partial charge in [-0.15, -0.1) is 0 Å². The van der Waals surface area contributed by atoms with Crippen LogP contribution in [0, 0.1) is 13.8 Å². The van der Waals surface area contributed by atoms with E-state index in [4.69, 9.17) is 9.47 Å². The predicted octanol–water partition coefficient (Wildman–Crippen LogP) is 5.15. The van der Waals surface area contributed by atoms with E-state index in [2.05, 4.69) is 44.6 Å². The summed E-state index contributed by atoms with van der Waals surface area (Å²) in [5.41, 5.74) is 5.58. The van der Waals surface area contributed by atoms with Crippen molar-refractivity contribution in [3.05, 3.63) is 58.1 Å². The van der Waals surface area contributed by atoms with Crippen LogP contribution in [0.15, 0.2) is 30.3 Å². The van der Waals surface area contributed by atoms with Crippen LogP contribution in [0.4, 0.5) is 4.79 Å². The van der Waals surface area contributed by atoms with E-state index in [0.717, 1.165) is 29.7 Å². The molecular weight excluding hydrogens is 316 g/mol. The lowest BCUT2D eigenvalue weighted by Gasteiger charge is -2.17. The SMILES string of the molecule is CCc1cc(C)c(C)cc1OCc1c(CC)cccc1OC(=O)OC. The average molecular weight is 342 g/mol. The third-order valence-corrected chi connectivity index (χ3v) is 4.40. The van der Waals surface area contributed by atoms with E-state index in [-0.39, 0.29) is 0 Å². The summed E-state index contributed by atoms with van der Waals surface area (Å²) in [6, 6.07) is 9.89. The number of hydrogen-bond donors (Lipinski definition) is 0. The Morgan fingerprint density at radius 2 is 1.64 bits per heavy atom. The molecule has 0 aromatic heterocycles. The van der Waals surface area contributed by atoms with E-state index < -0.39 is 6.16 Å². The number of hydrogen-bond acceptors (Lipinski definition) is 4. The highest BCUT2D eigenvalue weighted by atomic mass is 16.7. The van der Waals surface area contributed by atoms with Crippen molar-refractivity contribution in [1.29, 1.82) is 0 Å². The first-order chi connectivity index (χ1) is 12.0. The van der Waals surface area contributed by atoms with Gasteiger partial charge in [-0.3, -0.25) is 0 Å². The zero-order valence-electron chi connectivity index (χ0n) is 15.6. The lowest BCUT2D eigenvalue weighted by molar-refractivity contribution is 0.120. The zero-order valence-corrected chi connectivity index (χ0v) is 15.6. The van der Waals surface area contributed by atoms with Crippen molar-refractivity contribution in [3.8, 4) is 11.5 Å². The van der Waals surface area contributed by atoms with Gasteiger partial charge < -0.3 is 14.2 Å². The standard InChI is InChI=1S/C21H26O4/c1-6-16-9-8-10-19(25-21(22)23-5)18(16)13-24-20-12-15(4)14(3)11-17(20)7-2/h8-12H,6-7,13H2,1-5H3. The van der Waals surface area contributed by atoms with Crippen LogP contribution < -0.4 is 9.47 Å². The van der Waals surface area contributed by atoms with Crippen molar-refractivity contribution in [2.45, 2.75) is 47.1 Å². The highest BCUT2D eigenvalue weighted by Gasteiger charge is 2.14. The molecule has 0 bridgehead atoms. The molecule has 0 aliphatic carbocycles. The number of ether oxygens (including phenoxy) is 3. The molecule has 0 spiro atoms. The van der Waals surface area contributed by atoms with Gasteiger partial charge in [-0.05, 0) is 61.1 Å². The second-order valence-corrected chi connectivity index (χ2v) is 5.99. The Balaban J connectivity index is 2.31. The van der Waals surface area contributed by atoms with Crippen molar-refractivity contribution < 1.29 is 19.0 Å². The first-order valence-electron chi connectivity index (χ1n) is 8.59. The number of methoxy groups -OCH3 is 1. The first-order valence-corrected chi connectivity index (χ1v) is 8.59. The lowest BCUT2D eigenvalue weighted by Crippen LogP contribution is -2.11. The Morgan fingerprint density at radius 1 is 0.960 bits per heavy atom. The molecule has 2 rings (SSSR count). The van der Waals surface area contributed by atoms with Crippen LogP contribution in [0.25, 0.3) is 0 Å². The second-order valence-electron chi connectivity index (χ2n) is 5.99. The van der Waals surface area contributed by atoms with Crippen LogP contribution in [0.2, 0.25) is 0 Å². The molecule has 0 fully saturated rings. The highest BCUT2D eigenvalue weighted by Crippen LogP contribution is 2.28. The van der Waals surface area contributed by atoms with Gasteiger partial charge in [0.1, 0.15) is 18.1 Å². The summed E-state index contributed by atoms with van der Waals surface area (Å²) >= 11 is 0. The summed E-state index contributed by atoms with van der Waals surface area (Å²) in [5, 5.41) is 0. The van der Waals surface area contributed by atoms with E-state index >= 15 is 0 Å². The number of carbonyl (C=O) groups is 1. The van der Waals surface area contributed by atoms with Crippen LogP contribution in [-0.4, -0.2) is 13.3 Å². The molecule has 2 aromatic rings. The lowest BCUT2D eigenvalue weighted by atomic mass is 10.0. The Labute approximate surface area is 149 Å². The van der Waals surface area contributed by atoms with Crippen LogP contribution in [0.1, 0.15) is 41.7 Å². The number of rotatable bonds is 6. The van der Waals surface area contributed by atoms with E-state index in [1.807, 2.05) is 12.1 Å². The van der Waals surface area contributed by atoms with E-state index in [0.29, 0.717) is 12.4 Å². The van der Waals surface area contributed by atoms with E-state index in [1.54, 1.807) is 6.07 Å². The molecular formula is C21H26O4. The van der Waals surface area contributed by atoms with Crippen LogP contribution in [-0.2, 0) is 24.2 Å². The van der Waals surface area contributed by atoms with Crippen LogP contribution in [0.3, 0.4) is 0 Å². The fourth-order valence-corrected chi connectivity index (χ4v) is 2.74. The Morgan fingerprint density at radius 3 is 2.28 bits per heavy atom. The maximum atomic E-state index is 11.5. The molecule has 0 unspecified atom stereocenters. The van der Waals surface area contributed by atoms with Gasteiger partial charge in [0, 0.05) is 5.56 Å². The summed E-state index contributed by atoms with van der Waals surface area (Å²) in [4.78, 5) is 11.5. The van der Waals surface area contributed by atoms with Gasteiger partial charge in [-0.1, -0.05) is 32.0 Å². The van der Waals surface area contributed by atoms with E-state index in [9.17, 15) is 4.79 Å². The van der Waals surface area contributed by atoms with Gasteiger partial charge in [0.15, 0.2) is 0 Å². The van der Waals surface area contributed by atoms with Gasteiger partial charge in [0.05, 0.1) is 7.11 Å². The third-order valence-electron chi connectivity index (χ3n) is 4.40. The minimum absolute atomic E-state index is 0.339. The normalized spacial score (nSPS) is 10.4. The minimum Gasteiger partial charge on any atom is -0.488 e. The topological polar surface area (TPSA) is 44.8 Å². The van der Waals surface area contributed by atoms with E-state index in [1.165, 1.54) is 23.8 Å². The maximum absolute atomic E-state index is 11.5. The zero-order chi connectivity index (χ0) is 18.4. The average Bonchev–Trinajstić information content (AvgIpc) is 2.62. The summed E-state index contributed by atoms with van der Waals surface area (Å²) in [6.45, 7) is 8.70. The predicted molar refractivity (Wildman–Crippen MR) is 98.5 cm³/mol. The van der Waals surface area contributed by atoms with Crippen molar-refractivity contribution in [3.63, 3.8) is 0 Å². The largest absolute Gasteiger partial charge is 0.513 e. The number of carbonyl (C=O) groups excluding carboxylic acids is 1. The smallest absolute Gasteiger partial charge is 0.488 e. The molecule has 0 saturated carbocycles. The van der Waals surface area contributed by atoms with Gasteiger partial charge in [-0.2, -0.15) is 0 Å². The van der Waals surface area contributed by atoms with Crippen LogP contribution >= 0.6 is 0 Å². The molecule has 0 radical (unpaired) electrons.